The molecular formula is C23H26N4O2. The van der Waals surface area contributed by atoms with Gasteiger partial charge in [0, 0.05) is 31.5 Å². The van der Waals surface area contributed by atoms with E-state index in [0.29, 0.717) is 36.7 Å². The number of carbonyl (C=O) groups excluding carboxylic acids is 2. The van der Waals surface area contributed by atoms with Crippen LogP contribution in [0.15, 0.2) is 48.7 Å². The van der Waals surface area contributed by atoms with Gasteiger partial charge in [0.15, 0.2) is 5.69 Å². The van der Waals surface area contributed by atoms with Crippen LogP contribution in [0, 0.1) is 0 Å². The number of nitrogens with zero attached hydrogens (tertiary/aromatic N) is 4. The third-order valence-electron chi connectivity index (χ3n) is 5.35. The van der Waals surface area contributed by atoms with Crippen molar-refractivity contribution in [3.8, 4) is 0 Å². The van der Waals surface area contributed by atoms with Gasteiger partial charge in [0.05, 0.1) is 5.52 Å². The van der Waals surface area contributed by atoms with Crippen LogP contribution in [-0.4, -0.2) is 45.7 Å². The van der Waals surface area contributed by atoms with E-state index in [2.05, 4.69) is 24.9 Å². The van der Waals surface area contributed by atoms with Crippen LogP contribution in [0.4, 0.5) is 5.69 Å². The van der Waals surface area contributed by atoms with Crippen LogP contribution in [-0.2, 0) is 6.42 Å². The zero-order chi connectivity index (χ0) is 20.4. The molecule has 0 unspecified atom stereocenters. The van der Waals surface area contributed by atoms with Crippen LogP contribution in [0.25, 0.3) is 5.52 Å². The number of anilines is 1. The highest BCUT2D eigenvalue weighted by molar-refractivity contribution is 6.11. The van der Waals surface area contributed by atoms with Gasteiger partial charge in [0.25, 0.3) is 11.8 Å². The van der Waals surface area contributed by atoms with Crippen LogP contribution >= 0.6 is 0 Å². The Morgan fingerprint density at radius 1 is 1.03 bits per heavy atom. The second-order valence-electron chi connectivity index (χ2n) is 7.37. The van der Waals surface area contributed by atoms with E-state index in [9.17, 15) is 9.59 Å². The molecule has 0 spiro atoms. The fourth-order valence-electron chi connectivity index (χ4n) is 4.02. The normalized spacial score (nSPS) is 13.0. The molecule has 1 aromatic carbocycles. The number of fused-ring (bicyclic) bond motifs is 2. The molecule has 1 aliphatic rings. The first kappa shape index (κ1) is 19.2. The highest BCUT2D eigenvalue weighted by atomic mass is 16.2. The highest BCUT2D eigenvalue weighted by Crippen LogP contribution is 2.29. The van der Waals surface area contributed by atoms with E-state index >= 15 is 0 Å². The fraction of sp³-hybridized carbons (Fsp3) is 0.348. The molecule has 3 aromatic rings. The Bertz CT molecular complexity index is 1050. The number of amides is 2. The number of imidazole rings is 1. The van der Waals surface area contributed by atoms with E-state index in [-0.39, 0.29) is 11.8 Å². The molecule has 0 saturated heterocycles. The van der Waals surface area contributed by atoms with Gasteiger partial charge >= 0.3 is 0 Å². The molecule has 0 radical (unpaired) electrons. The lowest BCUT2D eigenvalue weighted by Gasteiger charge is -2.20. The molecule has 0 N–H and O–H groups in total. The van der Waals surface area contributed by atoms with Gasteiger partial charge < -0.3 is 9.80 Å². The molecule has 4 rings (SSSR count). The van der Waals surface area contributed by atoms with E-state index < -0.39 is 0 Å². The largest absolute Gasteiger partial charge is 0.336 e. The van der Waals surface area contributed by atoms with Crippen molar-refractivity contribution >= 4 is 23.0 Å². The zero-order valence-electron chi connectivity index (χ0n) is 17.0. The molecule has 150 valence electrons. The summed E-state index contributed by atoms with van der Waals surface area (Å²) in [6.07, 6.45) is 4.40. The van der Waals surface area contributed by atoms with Crippen molar-refractivity contribution in [1.29, 1.82) is 0 Å². The second kappa shape index (κ2) is 8.07. The Labute approximate surface area is 170 Å². The predicted molar refractivity (Wildman–Crippen MR) is 114 cm³/mol. The Hall–Kier alpha value is -3.15. The lowest BCUT2D eigenvalue weighted by atomic mass is 10.2. The van der Waals surface area contributed by atoms with Crippen molar-refractivity contribution in [3.05, 3.63) is 65.7 Å². The average Bonchev–Trinajstić information content (AvgIpc) is 3.35. The lowest BCUT2D eigenvalue weighted by molar-refractivity contribution is 0.0742. The van der Waals surface area contributed by atoms with Crippen molar-refractivity contribution in [2.45, 2.75) is 33.1 Å². The summed E-state index contributed by atoms with van der Waals surface area (Å²) in [5, 5.41) is 0. The van der Waals surface area contributed by atoms with Crippen molar-refractivity contribution in [2.75, 3.05) is 24.5 Å². The molecule has 0 fully saturated rings. The van der Waals surface area contributed by atoms with Gasteiger partial charge in [-0.15, -0.1) is 0 Å². The van der Waals surface area contributed by atoms with Gasteiger partial charge in [-0.05, 0) is 43.0 Å². The molecule has 0 atom stereocenters. The summed E-state index contributed by atoms with van der Waals surface area (Å²) in [7, 11) is 0. The average molecular weight is 390 g/mol. The summed E-state index contributed by atoms with van der Waals surface area (Å²) in [5.41, 5.74) is 3.09. The maximum Gasteiger partial charge on any atom is 0.290 e. The molecule has 6 heteroatoms. The Morgan fingerprint density at radius 3 is 2.52 bits per heavy atom. The molecule has 0 aliphatic carbocycles. The topological polar surface area (TPSA) is 57.9 Å². The van der Waals surface area contributed by atoms with E-state index in [4.69, 9.17) is 0 Å². The summed E-state index contributed by atoms with van der Waals surface area (Å²) < 4.78 is 1.75. The molecular weight excluding hydrogens is 364 g/mol. The standard InChI is InChI=1S/C23H26N4O2/c1-3-13-25(14-4-2)23(29)21-24-20(19-11-7-8-15-26(19)21)22(28)27-16-12-17-9-5-6-10-18(17)27/h5-11,15H,3-4,12-14,16H2,1-2H3. The van der Waals surface area contributed by atoms with Crippen molar-refractivity contribution in [3.63, 3.8) is 0 Å². The first-order valence-electron chi connectivity index (χ1n) is 10.3. The predicted octanol–water partition coefficient (Wildman–Crippen LogP) is 3.80. The summed E-state index contributed by atoms with van der Waals surface area (Å²) >= 11 is 0. The van der Waals surface area contributed by atoms with E-state index in [1.165, 1.54) is 0 Å². The Balaban J connectivity index is 1.75. The monoisotopic (exact) mass is 390 g/mol. The number of para-hydroxylation sites is 1. The van der Waals surface area contributed by atoms with Crippen LogP contribution in [0.5, 0.6) is 0 Å². The number of rotatable bonds is 6. The molecule has 1 aliphatic heterocycles. The number of pyridine rings is 1. The number of hydrogen-bond acceptors (Lipinski definition) is 3. The number of benzene rings is 1. The van der Waals surface area contributed by atoms with Crippen LogP contribution in [0.2, 0.25) is 0 Å². The SMILES string of the molecule is CCCN(CCC)C(=O)c1nc(C(=O)N2CCc3ccccc32)c2ccccn12. The molecule has 3 heterocycles. The fourth-order valence-corrected chi connectivity index (χ4v) is 4.02. The summed E-state index contributed by atoms with van der Waals surface area (Å²) in [6.45, 7) is 6.10. The van der Waals surface area contributed by atoms with Gasteiger partial charge in [0.2, 0.25) is 5.82 Å². The van der Waals surface area contributed by atoms with Gasteiger partial charge in [0.1, 0.15) is 0 Å². The maximum atomic E-state index is 13.4. The maximum absolute atomic E-state index is 13.4. The van der Waals surface area contributed by atoms with Gasteiger partial charge in [-0.2, -0.15) is 0 Å². The van der Waals surface area contributed by atoms with Gasteiger partial charge in [-0.1, -0.05) is 38.1 Å². The van der Waals surface area contributed by atoms with Gasteiger partial charge in [-0.25, -0.2) is 4.98 Å². The van der Waals surface area contributed by atoms with E-state index in [1.807, 2.05) is 41.3 Å². The molecule has 2 aromatic heterocycles. The van der Waals surface area contributed by atoms with E-state index in [0.717, 1.165) is 30.5 Å². The third-order valence-corrected chi connectivity index (χ3v) is 5.35. The minimum atomic E-state index is -0.157. The molecule has 29 heavy (non-hydrogen) atoms. The quantitative estimate of drug-likeness (QED) is 0.643. The number of carbonyl (C=O) groups is 2. The minimum Gasteiger partial charge on any atom is -0.336 e. The van der Waals surface area contributed by atoms with Gasteiger partial charge in [-0.3, -0.25) is 14.0 Å². The first-order valence-corrected chi connectivity index (χ1v) is 10.3. The highest BCUT2D eigenvalue weighted by Gasteiger charge is 2.30. The van der Waals surface area contributed by atoms with Crippen molar-refractivity contribution in [1.82, 2.24) is 14.3 Å². The Kier molecular flexibility index (Phi) is 5.34. The molecule has 0 saturated carbocycles. The Morgan fingerprint density at radius 2 is 1.76 bits per heavy atom. The molecule has 6 nitrogen and oxygen atoms in total. The zero-order valence-corrected chi connectivity index (χ0v) is 17.0. The van der Waals surface area contributed by atoms with Crippen LogP contribution in [0.1, 0.15) is 53.4 Å². The summed E-state index contributed by atoms with van der Waals surface area (Å²) in [6, 6.07) is 13.5. The third kappa shape index (κ3) is 3.39. The number of aromatic nitrogens is 2. The van der Waals surface area contributed by atoms with Crippen LogP contribution < -0.4 is 4.90 Å². The van der Waals surface area contributed by atoms with Crippen molar-refractivity contribution < 1.29 is 9.59 Å². The first-order chi connectivity index (χ1) is 14.2. The second-order valence-corrected chi connectivity index (χ2v) is 7.37. The molecule has 0 bridgehead atoms. The summed E-state index contributed by atoms with van der Waals surface area (Å²) in [4.78, 5) is 34.8. The smallest absolute Gasteiger partial charge is 0.290 e. The number of hydrogen-bond donors (Lipinski definition) is 0. The van der Waals surface area contributed by atoms with Crippen molar-refractivity contribution in [2.24, 2.45) is 0 Å². The van der Waals surface area contributed by atoms with Crippen LogP contribution in [0.3, 0.4) is 0 Å². The lowest BCUT2D eigenvalue weighted by Crippen LogP contribution is -2.34. The minimum absolute atomic E-state index is 0.129. The van der Waals surface area contributed by atoms with E-state index in [1.54, 1.807) is 15.5 Å². The summed E-state index contributed by atoms with van der Waals surface area (Å²) in [5.74, 6) is 0.0179. The molecule has 2 amide bonds.